The molecule has 21 heavy (non-hydrogen) atoms. The van der Waals surface area contributed by atoms with E-state index < -0.39 is 5.41 Å². The molecule has 0 aliphatic heterocycles. The molecule has 0 atom stereocenters. The maximum atomic E-state index is 12.0. The molecule has 1 aromatic carbocycles. The van der Waals surface area contributed by atoms with E-state index in [0.29, 0.717) is 12.4 Å². The SMILES string of the molecule is CC(C)(C)C(=O)Nc1cccc(OCc2ccccn2)c1. The van der Waals surface area contributed by atoms with Crippen LogP contribution in [0.5, 0.6) is 5.75 Å². The Labute approximate surface area is 125 Å². The molecule has 1 aromatic heterocycles. The summed E-state index contributed by atoms with van der Waals surface area (Å²) >= 11 is 0. The Morgan fingerprint density at radius 2 is 2.00 bits per heavy atom. The zero-order chi connectivity index (χ0) is 15.3. The molecular weight excluding hydrogens is 264 g/mol. The van der Waals surface area contributed by atoms with Crippen LogP contribution in [0.2, 0.25) is 0 Å². The van der Waals surface area contributed by atoms with Crippen LogP contribution >= 0.6 is 0 Å². The highest BCUT2D eigenvalue weighted by Crippen LogP contribution is 2.21. The predicted octanol–water partition coefficient (Wildman–Crippen LogP) is 3.65. The van der Waals surface area contributed by atoms with E-state index >= 15 is 0 Å². The van der Waals surface area contributed by atoms with Gasteiger partial charge < -0.3 is 10.1 Å². The quantitative estimate of drug-likeness (QED) is 0.932. The maximum Gasteiger partial charge on any atom is 0.229 e. The summed E-state index contributed by atoms with van der Waals surface area (Å²) < 4.78 is 5.69. The number of hydrogen-bond donors (Lipinski definition) is 1. The first-order valence-electron chi connectivity index (χ1n) is 6.89. The van der Waals surface area contributed by atoms with Crippen molar-refractivity contribution in [3.63, 3.8) is 0 Å². The summed E-state index contributed by atoms with van der Waals surface area (Å²) in [5.41, 5.74) is 1.17. The van der Waals surface area contributed by atoms with E-state index in [1.807, 2.05) is 63.2 Å². The van der Waals surface area contributed by atoms with Gasteiger partial charge in [0.2, 0.25) is 5.91 Å². The van der Waals surface area contributed by atoms with Crippen molar-refractivity contribution < 1.29 is 9.53 Å². The van der Waals surface area contributed by atoms with Gasteiger partial charge in [-0.3, -0.25) is 9.78 Å². The molecule has 0 radical (unpaired) electrons. The fourth-order valence-corrected chi connectivity index (χ4v) is 1.62. The molecule has 0 saturated carbocycles. The third-order valence-electron chi connectivity index (χ3n) is 2.89. The lowest BCUT2D eigenvalue weighted by Crippen LogP contribution is -2.27. The third kappa shape index (κ3) is 4.60. The summed E-state index contributed by atoms with van der Waals surface area (Å²) in [4.78, 5) is 16.2. The van der Waals surface area contributed by atoms with Gasteiger partial charge in [0.1, 0.15) is 12.4 Å². The Morgan fingerprint density at radius 3 is 2.67 bits per heavy atom. The molecule has 4 heteroatoms. The summed E-state index contributed by atoms with van der Waals surface area (Å²) in [6, 6.07) is 13.1. The molecule has 0 spiro atoms. The Hall–Kier alpha value is -2.36. The lowest BCUT2D eigenvalue weighted by Gasteiger charge is -2.18. The Bertz CT molecular complexity index is 604. The number of benzene rings is 1. The molecular formula is C17H20N2O2. The second-order valence-corrected chi connectivity index (χ2v) is 5.84. The number of carbonyl (C=O) groups excluding carboxylic acids is 1. The lowest BCUT2D eigenvalue weighted by atomic mass is 9.95. The largest absolute Gasteiger partial charge is 0.487 e. The number of nitrogens with one attached hydrogen (secondary N) is 1. The minimum Gasteiger partial charge on any atom is -0.487 e. The molecule has 0 aliphatic carbocycles. The minimum absolute atomic E-state index is 0.0237. The van der Waals surface area contributed by atoms with Gasteiger partial charge in [-0.2, -0.15) is 0 Å². The normalized spacial score (nSPS) is 11.0. The van der Waals surface area contributed by atoms with Gasteiger partial charge in [-0.05, 0) is 24.3 Å². The van der Waals surface area contributed by atoms with Crippen LogP contribution in [0, 0.1) is 5.41 Å². The van der Waals surface area contributed by atoms with Gasteiger partial charge in [-0.25, -0.2) is 0 Å². The van der Waals surface area contributed by atoms with Gasteiger partial charge in [0, 0.05) is 23.4 Å². The number of pyridine rings is 1. The molecule has 0 fully saturated rings. The first-order chi connectivity index (χ1) is 9.95. The molecule has 110 valence electrons. The van der Waals surface area contributed by atoms with Gasteiger partial charge in [0.25, 0.3) is 0 Å². The van der Waals surface area contributed by atoms with Crippen molar-refractivity contribution in [3.05, 3.63) is 54.4 Å². The minimum atomic E-state index is -0.426. The number of carbonyl (C=O) groups is 1. The highest BCUT2D eigenvalue weighted by Gasteiger charge is 2.21. The first kappa shape index (κ1) is 15.0. The van der Waals surface area contributed by atoms with Crippen molar-refractivity contribution in [1.82, 2.24) is 4.98 Å². The summed E-state index contributed by atoms with van der Waals surface area (Å²) in [7, 11) is 0. The standard InChI is InChI=1S/C17H20N2O2/c1-17(2,3)16(20)19-13-8-6-9-15(11-13)21-12-14-7-4-5-10-18-14/h4-11H,12H2,1-3H3,(H,19,20). The van der Waals surface area contributed by atoms with Crippen LogP contribution in [0.25, 0.3) is 0 Å². The fourth-order valence-electron chi connectivity index (χ4n) is 1.62. The van der Waals surface area contributed by atoms with Gasteiger partial charge in [0.15, 0.2) is 0 Å². The molecule has 0 unspecified atom stereocenters. The van der Waals surface area contributed by atoms with Crippen LogP contribution in [0.1, 0.15) is 26.5 Å². The van der Waals surface area contributed by atoms with Crippen molar-refractivity contribution in [3.8, 4) is 5.75 Å². The van der Waals surface area contributed by atoms with Gasteiger partial charge >= 0.3 is 0 Å². The Morgan fingerprint density at radius 1 is 1.19 bits per heavy atom. The van der Waals surface area contributed by atoms with Crippen molar-refractivity contribution >= 4 is 11.6 Å². The topological polar surface area (TPSA) is 51.2 Å². The predicted molar refractivity (Wildman–Crippen MR) is 83.1 cm³/mol. The zero-order valence-electron chi connectivity index (χ0n) is 12.6. The number of aromatic nitrogens is 1. The van der Waals surface area contributed by atoms with Crippen molar-refractivity contribution in [2.45, 2.75) is 27.4 Å². The lowest BCUT2D eigenvalue weighted by molar-refractivity contribution is -0.123. The van der Waals surface area contributed by atoms with Crippen LogP contribution in [0.15, 0.2) is 48.7 Å². The second kappa shape index (κ2) is 6.39. The molecule has 0 saturated heterocycles. The van der Waals surface area contributed by atoms with Crippen molar-refractivity contribution in [1.29, 1.82) is 0 Å². The molecule has 1 amide bonds. The van der Waals surface area contributed by atoms with Crippen molar-refractivity contribution in [2.75, 3.05) is 5.32 Å². The molecule has 4 nitrogen and oxygen atoms in total. The third-order valence-corrected chi connectivity index (χ3v) is 2.89. The van der Waals surface area contributed by atoms with E-state index in [9.17, 15) is 4.79 Å². The highest BCUT2D eigenvalue weighted by atomic mass is 16.5. The number of ether oxygens (including phenoxy) is 1. The zero-order valence-corrected chi connectivity index (χ0v) is 12.6. The first-order valence-corrected chi connectivity index (χ1v) is 6.89. The average Bonchev–Trinajstić information content (AvgIpc) is 2.46. The van der Waals surface area contributed by atoms with Crippen LogP contribution < -0.4 is 10.1 Å². The van der Waals surface area contributed by atoms with E-state index in [0.717, 1.165) is 11.4 Å². The molecule has 0 aliphatic rings. The van der Waals surface area contributed by atoms with E-state index in [1.54, 1.807) is 6.20 Å². The molecule has 1 heterocycles. The molecule has 1 N–H and O–H groups in total. The maximum absolute atomic E-state index is 12.0. The number of hydrogen-bond acceptors (Lipinski definition) is 3. The summed E-state index contributed by atoms with van der Waals surface area (Å²) in [6.07, 6.45) is 1.73. The summed E-state index contributed by atoms with van der Waals surface area (Å²) in [6.45, 7) is 6.04. The fraction of sp³-hybridized carbons (Fsp3) is 0.294. The van der Waals surface area contributed by atoms with Crippen LogP contribution in [-0.2, 0) is 11.4 Å². The number of anilines is 1. The van der Waals surface area contributed by atoms with E-state index in [-0.39, 0.29) is 5.91 Å². The van der Waals surface area contributed by atoms with E-state index in [4.69, 9.17) is 4.74 Å². The molecule has 2 rings (SSSR count). The van der Waals surface area contributed by atoms with Gasteiger partial charge in [-0.1, -0.05) is 32.9 Å². The van der Waals surface area contributed by atoms with Crippen LogP contribution in [0.4, 0.5) is 5.69 Å². The summed E-state index contributed by atoms with van der Waals surface area (Å²) in [5, 5.41) is 2.89. The monoisotopic (exact) mass is 284 g/mol. The Balaban J connectivity index is 1.99. The Kier molecular flexibility index (Phi) is 4.58. The number of nitrogens with zero attached hydrogens (tertiary/aromatic N) is 1. The second-order valence-electron chi connectivity index (χ2n) is 5.84. The van der Waals surface area contributed by atoms with Gasteiger partial charge in [-0.15, -0.1) is 0 Å². The average molecular weight is 284 g/mol. The van der Waals surface area contributed by atoms with E-state index in [2.05, 4.69) is 10.3 Å². The molecule has 0 bridgehead atoms. The van der Waals surface area contributed by atoms with Crippen LogP contribution in [-0.4, -0.2) is 10.9 Å². The molecule has 2 aromatic rings. The van der Waals surface area contributed by atoms with E-state index in [1.165, 1.54) is 0 Å². The summed E-state index contributed by atoms with van der Waals surface area (Å²) in [5.74, 6) is 0.678. The number of rotatable bonds is 4. The van der Waals surface area contributed by atoms with Crippen molar-refractivity contribution in [2.24, 2.45) is 5.41 Å². The smallest absolute Gasteiger partial charge is 0.229 e. The van der Waals surface area contributed by atoms with Gasteiger partial charge in [0.05, 0.1) is 5.69 Å². The number of amides is 1. The van der Waals surface area contributed by atoms with Crippen LogP contribution in [0.3, 0.4) is 0 Å². The highest BCUT2D eigenvalue weighted by molar-refractivity contribution is 5.94.